The zero-order valence-corrected chi connectivity index (χ0v) is 17.2. The molecule has 6 nitrogen and oxygen atoms in total. The maximum atomic E-state index is 12.0. The number of ether oxygens (including phenoxy) is 1. The first-order chi connectivity index (χ1) is 14.1. The Bertz CT molecular complexity index is 978. The number of nitrogens with zero attached hydrogens (tertiary/aromatic N) is 2. The number of amides is 1. The van der Waals surface area contributed by atoms with E-state index in [1.807, 2.05) is 67.9 Å². The first-order valence-corrected chi connectivity index (χ1v) is 10.3. The van der Waals surface area contributed by atoms with Crippen molar-refractivity contribution in [2.45, 2.75) is 26.3 Å². The van der Waals surface area contributed by atoms with Crippen LogP contribution in [0.15, 0.2) is 60.1 Å². The molecule has 2 heterocycles. The monoisotopic (exact) mass is 409 g/mol. The van der Waals surface area contributed by atoms with Crippen LogP contribution in [0.2, 0.25) is 0 Å². The van der Waals surface area contributed by atoms with Crippen molar-refractivity contribution in [1.82, 2.24) is 15.1 Å². The van der Waals surface area contributed by atoms with Gasteiger partial charge in [0.25, 0.3) is 5.91 Å². The van der Waals surface area contributed by atoms with Gasteiger partial charge in [-0.3, -0.25) is 4.79 Å². The highest BCUT2D eigenvalue weighted by molar-refractivity contribution is 7.13. The molecular weight excluding hydrogens is 386 g/mol. The molecule has 1 N–H and O–H groups in total. The molecule has 150 valence electrons. The highest BCUT2D eigenvalue weighted by Gasteiger charge is 2.12. The summed E-state index contributed by atoms with van der Waals surface area (Å²) in [6.45, 7) is 3.57. The van der Waals surface area contributed by atoms with Crippen molar-refractivity contribution in [3.63, 3.8) is 0 Å². The van der Waals surface area contributed by atoms with Gasteiger partial charge in [0.1, 0.15) is 5.69 Å². The zero-order valence-electron chi connectivity index (χ0n) is 16.4. The van der Waals surface area contributed by atoms with E-state index in [9.17, 15) is 9.59 Å². The molecule has 0 saturated heterocycles. The number of hydrogen-bond donors (Lipinski definition) is 1. The van der Waals surface area contributed by atoms with Crippen LogP contribution in [0, 0.1) is 0 Å². The molecule has 7 heteroatoms. The van der Waals surface area contributed by atoms with Crippen molar-refractivity contribution in [3.8, 4) is 16.3 Å². The number of carbonyl (C=O) groups is 2. The molecule has 0 aliphatic rings. The molecule has 1 amide bonds. The molecule has 0 aliphatic heterocycles. The summed E-state index contributed by atoms with van der Waals surface area (Å²) in [6.07, 6.45) is 5.66. The number of esters is 1. The van der Waals surface area contributed by atoms with Crippen LogP contribution in [0.25, 0.3) is 22.3 Å². The fraction of sp³-hybridized carbons (Fsp3) is 0.227. The van der Waals surface area contributed by atoms with Gasteiger partial charge in [-0.1, -0.05) is 31.2 Å². The highest BCUT2D eigenvalue weighted by Crippen LogP contribution is 2.28. The van der Waals surface area contributed by atoms with Crippen LogP contribution in [0.3, 0.4) is 0 Å². The Morgan fingerprint density at radius 1 is 1.24 bits per heavy atom. The Labute approximate surface area is 173 Å². The lowest BCUT2D eigenvalue weighted by Gasteiger charge is -2.10. The minimum Gasteiger partial charge on any atom is -0.452 e. The van der Waals surface area contributed by atoms with E-state index >= 15 is 0 Å². The molecule has 29 heavy (non-hydrogen) atoms. The topological polar surface area (TPSA) is 73.2 Å². The van der Waals surface area contributed by atoms with Crippen molar-refractivity contribution in [3.05, 3.63) is 65.7 Å². The van der Waals surface area contributed by atoms with Gasteiger partial charge in [0.05, 0.1) is 10.6 Å². The molecule has 2 aromatic heterocycles. The molecular formula is C22H23N3O3S. The largest absolute Gasteiger partial charge is 0.452 e. The van der Waals surface area contributed by atoms with E-state index in [1.54, 1.807) is 22.1 Å². The Balaban J connectivity index is 1.73. The fourth-order valence-electron chi connectivity index (χ4n) is 2.59. The van der Waals surface area contributed by atoms with E-state index in [1.165, 1.54) is 6.08 Å². The third kappa shape index (κ3) is 5.65. The zero-order chi connectivity index (χ0) is 20.6. The summed E-state index contributed by atoms with van der Waals surface area (Å²) in [5.41, 5.74) is 2.49. The van der Waals surface area contributed by atoms with Gasteiger partial charge in [-0.05, 0) is 43.0 Å². The summed E-state index contributed by atoms with van der Waals surface area (Å²) < 4.78 is 6.81. The Morgan fingerprint density at radius 2 is 2.03 bits per heavy atom. The van der Waals surface area contributed by atoms with Gasteiger partial charge in [0, 0.05) is 23.9 Å². The number of rotatable bonds is 8. The molecule has 0 unspecified atom stereocenters. The fourth-order valence-corrected chi connectivity index (χ4v) is 3.32. The van der Waals surface area contributed by atoms with Crippen molar-refractivity contribution in [2.24, 2.45) is 0 Å². The average Bonchev–Trinajstić information content (AvgIpc) is 3.41. The lowest BCUT2D eigenvalue weighted by Crippen LogP contribution is -2.35. The van der Waals surface area contributed by atoms with E-state index < -0.39 is 5.97 Å². The second-order valence-corrected chi connectivity index (χ2v) is 7.46. The first kappa shape index (κ1) is 20.5. The summed E-state index contributed by atoms with van der Waals surface area (Å²) >= 11 is 1.58. The Morgan fingerprint density at radius 3 is 2.72 bits per heavy atom. The molecule has 0 spiro atoms. The van der Waals surface area contributed by atoms with E-state index in [0.717, 1.165) is 28.2 Å². The van der Waals surface area contributed by atoms with Gasteiger partial charge in [-0.2, -0.15) is 5.10 Å². The average molecular weight is 410 g/mol. The van der Waals surface area contributed by atoms with Crippen LogP contribution >= 0.6 is 11.3 Å². The van der Waals surface area contributed by atoms with E-state index in [-0.39, 0.29) is 18.6 Å². The van der Waals surface area contributed by atoms with Gasteiger partial charge < -0.3 is 10.1 Å². The smallest absolute Gasteiger partial charge is 0.331 e. The number of benzene rings is 1. The molecule has 0 saturated carbocycles. The standard InChI is InChI=1S/C22H23N3O3S/c1-3-16(2)23-20(26)15-28-21(27)12-11-17-14-25(18-8-5-4-6-9-18)24-22(17)19-10-7-13-29-19/h4-14,16H,3,15H2,1-2H3,(H,23,26)/b12-11+/t16-/m1/s1. The molecule has 0 aliphatic carbocycles. The lowest BCUT2D eigenvalue weighted by atomic mass is 10.2. The van der Waals surface area contributed by atoms with E-state index in [0.29, 0.717) is 0 Å². The van der Waals surface area contributed by atoms with Crippen molar-refractivity contribution < 1.29 is 14.3 Å². The van der Waals surface area contributed by atoms with Gasteiger partial charge in [-0.25, -0.2) is 9.48 Å². The minimum atomic E-state index is -0.575. The van der Waals surface area contributed by atoms with Gasteiger partial charge in [0.2, 0.25) is 0 Å². The van der Waals surface area contributed by atoms with Gasteiger partial charge in [-0.15, -0.1) is 11.3 Å². The summed E-state index contributed by atoms with van der Waals surface area (Å²) in [7, 11) is 0. The molecule has 3 aromatic rings. The number of nitrogens with one attached hydrogen (secondary N) is 1. The van der Waals surface area contributed by atoms with Crippen LogP contribution in [0.4, 0.5) is 0 Å². The van der Waals surface area contributed by atoms with E-state index in [4.69, 9.17) is 4.74 Å². The predicted octanol–water partition coefficient (Wildman–Crippen LogP) is 4.07. The van der Waals surface area contributed by atoms with Gasteiger partial charge in [0.15, 0.2) is 6.61 Å². The normalized spacial score (nSPS) is 12.1. The van der Waals surface area contributed by atoms with Gasteiger partial charge >= 0.3 is 5.97 Å². The number of carbonyl (C=O) groups excluding carboxylic acids is 2. The highest BCUT2D eigenvalue weighted by atomic mass is 32.1. The number of aromatic nitrogens is 2. The Hall–Kier alpha value is -3.19. The second kappa shape index (κ2) is 9.84. The predicted molar refractivity (Wildman–Crippen MR) is 115 cm³/mol. The molecule has 1 atom stereocenters. The number of hydrogen-bond acceptors (Lipinski definition) is 5. The molecule has 0 fully saturated rings. The minimum absolute atomic E-state index is 0.0499. The van der Waals surface area contributed by atoms with Crippen LogP contribution in [-0.4, -0.2) is 34.3 Å². The summed E-state index contributed by atoms with van der Waals surface area (Å²) in [5.74, 6) is -0.883. The number of thiophene rings is 1. The molecule has 0 bridgehead atoms. The maximum absolute atomic E-state index is 12.0. The van der Waals surface area contributed by atoms with Crippen molar-refractivity contribution in [2.75, 3.05) is 6.61 Å². The molecule has 3 rings (SSSR count). The van der Waals surface area contributed by atoms with E-state index in [2.05, 4.69) is 10.4 Å². The van der Waals surface area contributed by atoms with Crippen molar-refractivity contribution in [1.29, 1.82) is 0 Å². The summed E-state index contributed by atoms with van der Waals surface area (Å²) in [5, 5.41) is 9.41. The number of para-hydroxylation sites is 1. The third-order valence-electron chi connectivity index (χ3n) is 4.28. The van der Waals surface area contributed by atoms with Crippen molar-refractivity contribution >= 4 is 29.3 Å². The Kier molecular flexibility index (Phi) is 6.97. The SMILES string of the molecule is CC[C@@H](C)NC(=O)COC(=O)/C=C/c1cn(-c2ccccc2)nc1-c1cccs1. The molecule has 1 aromatic carbocycles. The third-order valence-corrected chi connectivity index (χ3v) is 5.16. The quantitative estimate of drug-likeness (QED) is 0.450. The summed E-state index contributed by atoms with van der Waals surface area (Å²) in [6, 6.07) is 13.7. The lowest BCUT2D eigenvalue weighted by molar-refractivity contribution is -0.144. The second-order valence-electron chi connectivity index (χ2n) is 6.51. The van der Waals surface area contributed by atoms with Crippen LogP contribution in [0.1, 0.15) is 25.8 Å². The maximum Gasteiger partial charge on any atom is 0.331 e. The van der Waals surface area contributed by atoms with Crippen LogP contribution in [-0.2, 0) is 14.3 Å². The van der Waals surface area contributed by atoms with Crippen LogP contribution < -0.4 is 5.32 Å². The van der Waals surface area contributed by atoms with Crippen LogP contribution in [0.5, 0.6) is 0 Å². The molecule has 0 radical (unpaired) electrons. The first-order valence-electron chi connectivity index (χ1n) is 9.40. The summed E-state index contributed by atoms with van der Waals surface area (Å²) in [4.78, 5) is 24.8.